The van der Waals surface area contributed by atoms with E-state index < -0.39 is 0 Å². The molecule has 21 heavy (non-hydrogen) atoms. The second-order valence-electron chi connectivity index (χ2n) is 7.23. The Morgan fingerprint density at radius 3 is 2.19 bits per heavy atom. The molecule has 1 saturated carbocycles. The number of amides is 2. The van der Waals surface area contributed by atoms with Gasteiger partial charge in [0.05, 0.1) is 0 Å². The van der Waals surface area contributed by atoms with E-state index in [9.17, 15) is 9.59 Å². The highest BCUT2D eigenvalue weighted by molar-refractivity contribution is 5.79. The van der Waals surface area contributed by atoms with Crippen molar-refractivity contribution < 1.29 is 9.59 Å². The Balaban J connectivity index is 1.75. The lowest BCUT2D eigenvalue weighted by molar-refractivity contribution is -0.134. The molecule has 120 valence electrons. The van der Waals surface area contributed by atoms with Gasteiger partial charge in [-0.05, 0) is 43.9 Å². The number of hydrogen-bond donors (Lipinski definition) is 1. The molecule has 0 radical (unpaired) electrons. The van der Waals surface area contributed by atoms with Crippen LogP contribution in [0.25, 0.3) is 0 Å². The first kappa shape index (κ1) is 16.3. The summed E-state index contributed by atoms with van der Waals surface area (Å²) in [4.78, 5) is 25.5. The molecule has 1 heterocycles. The number of likely N-dealkylation sites (tertiary alicyclic amines) is 1. The first-order valence-electron chi connectivity index (χ1n) is 8.49. The maximum Gasteiger partial charge on any atom is 0.223 e. The highest BCUT2D eigenvalue weighted by Gasteiger charge is 2.32. The standard InChI is InChI=1S/C17H30N2O2/c1-4-17(3)9-5-15(6-10-17)18-16(21)14-7-11-19(12-8-14)13(2)20/h14-15H,4-12H2,1-3H3,(H,18,21). The second-order valence-corrected chi connectivity index (χ2v) is 7.23. The Bertz CT molecular complexity index is 378. The molecular weight excluding hydrogens is 264 g/mol. The monoisotopic (exact) mass is 294 g/mol. The minimum absolute atomic E-state index is 0.0973. The summed E-state index contributed by atoms with van der Waals surface area (Å²) in [5.74, 6) is 0.434. The lowest BCUT2D eigenvalue weighted by Gasteiger charge is -2.38. The molecule has 0 aromatic carbocycles. The van der Waals surface area contributed by atoms with Gasteiger partial charge in [0.2, 0.25) is 11.8 Å². The molecular formula is C17H30N2O2. The lowest BCUT2D eigenvalue weighted by atomic mass is 9.72. The summed E-state index contributed by atoms with van der Waals surface area (Å²) in [7, 11) is 0. The molecule has 4 heteroatoms. The van der Waals surface area contributed by atoms with Crippen molar-refractivity contribution in [2.45, 2.75) is 71.8 Å². The fourth-order valence-electron chi connectivity index (χ4n) is 3.59. The Morgan fingerprint density at radius 1 is 1.14 bits per heavy atom. The highest BCUT2D eigenvalue weighted by Crippen LogP contribution is 2.38. The van der Waals surface area contributed by atoms with Crippen molar-refractivity contribution in [1.82, 2.24) is 10.2 Å². The molecule has 1 saturated heterocycles. The van der Waals surface area contributed by atoms with Crippen LogP contribution in [0.15, 0.2) is 0 Å². The molecule has 0 unspecified atom stereocenters. The van der Waals surface area contributed by atoms with Crippen LogP contribution in [0, 0.1) is 11.3 Å². The van der Waals surface area contributed by atoms with E-state index in [1.54, 1.807) is 6.92 Å². The fraction of sp³-hybridized carbons (Fsp3) is 0.882. The zero-order valence-electron chi connectivity index (χ0n) is 13.8. The smallest absolute Gasteiger partial charge is 0.223 e. The van der Waals surface area contributed by atoms with Crippen molar-refractivity contribution >= 4 is 11.8 Å². The van der Waals surface area contributed by atoms with Gasteiger partial charge in [-0.2, -0.15) is 0 Å². The van der Waals surface area contributed by atoms with Gasteiger partial charge in [0, 0.05) is 32.0 Å². The lowest BCUT2D eigenvalue weighted by Crippen LogP contribution is -2.46. The molecule has 1 N–H and O–H groups in total. The van der Waals surface area contributed by atoms with E-state index >= 15 is 0 Å². The van der Waals surface area contributed by atoms with Crippen LogP contribution in [-0.4, -0.2) is 35.8 Å². The molecule has 4 nitrogen and oxygen atoms in total. The topological polar surface area (TPSA) is 49.4 Å². The van der Waals surface area contributed by atoms with E-state index in [-0.39, 0.29) is 17.7 Å². The quantitative estimate of drug-likeness (QED) is 0.870. The normalized spacial score (nSPS) is 31.0. The van der Waals surface area contributed by atoms with Crippen LogP contribution in [-0.2, 0) is 9.59 Å². The van der Waals surface area contributed by atoms with Gasteiger partial charge in [-0.3, -0.25) is 9.59 Å². The number of hydrogen-bond acceptors (Lipinski definition) is 2. The predicted octanol–water partition coefficient (Wildman–Crippen LogP) is 2.72. The van der Waals surface area contributed by atoms with Crippen LogP contribution in [0.3, 0.4) is 0 Å². The summed E-state index contributed by atoms with van der Waals surface area (Å²) < 4.78 is 0. The number of carbonyl (C=O) groups excluding carboxylic acids is 2. The van der Waals surface area contributed by atoms with E-state index in [2.05, 4.69) is 19.2 Å². The van der Waals surface area contributed by atoms with E-state index in [4.69, 9.17) is 0 Å². The number of nitrogens with one attached hydrogen (secondary N) is 1. The average molecular weight is 294 g/mol. The minimum Gasteiger partial charge on any atom is -0.353 e. The number of nitrogens with zero attached hydrogens (tertiary/aromatic N) is 1. The Morgan fingerprint density at radius 2 is 1.71 bits per heavy atom. The fourth-order valence-corrected chi connectivity index (χ4v) is 3.59. The van der Waals surface area contributed by atoms with Crippen molar-refractivity contribution in [3.05, 3.63) is 0 Å². The molecule has 2 rings (SSSR count). The molecule has 1 aliphatic heterocycles. The SMILES string of the molecule is CCC1(C)CCC(NC(=O)C2CCN(C(C)=O)CC2)CC1. The van der Waals surface area contributed by atoms with Crippen molar-refractivity contribution in [3.63, 3.8) is 0 Å². The maximum atomic E-state index is 12.4. The summed E-state index contributed by atoms with van der Waals surface area (Å²) in [6, 6.07) is 0.364. The Kier molecular flexibility index (Phi) is 5.28. The molecule has 0 bridgehead atoms. The summed E-state index contributed by atoms with van der Waals surface area (Å²) in [5.41, 5.74) is 0.480. The number of carbonyl (C=O) groups is 2. The third kappa shape index (κ3) is 4.21. The van der Waals surface area contributed by atoms with Crippen molar-refractivity contribution in [2.75, 3.05) is 13.1 Å². The highest BCUT2D eigenvalue weighted by atomic mass is 16.2. The van der Waals surface area contributed by atoms with Gasteiger partial charge in [-0.15, -0.1) is 0 Å². The van der Waals surface area contributed by atoms with Gasteiger partial charge in [-0.1, -0.05) is 20.3 Å². The Labute approximate surface area is 128 Å². The second kappa shape index (κ2) is 6.80. The van der Waals surface area contributed by atoms with Crippen LogP contribution in [0.5, 0.6) is 0 Å². The molecule has 2 amide bonds. The van der Waals surface area contributed by atoms with Crippen LogP contribution >= 0.6 is 0 Å². The van der Waals surface area contributed by atoms with Crippen LogP contribution in [0.4, 0.5) is 0 Å². The van der Waals surface area contributed by atoms with Crippen LogP contribution in [0.2, 0.25) is 0 Å². The first-order valence-corrected chi connectivity index (χ1v) is 8.49. The van der Waals surface area contributed by atoms with Gasteiger partial charge >= 0.3 is 0 Å². The predicted molar refractivity (Wildman–Crippen MR) is 83.8 cm³/mol. The largest absolute Gasteiger partial charge is 0.353 e. The van der Waals surface area contributed by atoms with Crippen LogP contribution in [0.1, 0.15) is 65.7 Å². The maximum absolute atomic E-state index is 12.4. The molecule has 2 fully saturated rings. The molecule has 0 atom stereocenters. The molecule has 2 aliphatic rings. The number of piperidine rings is 1. The van der Waals surface area contributed by atoms with E-state index in [1.165, 1.54) is 19.3 Å². The van der Waals surface area contributed by atoms with Gasteiger partial charge < -0.3 is 10.2 Å². The third-order valence-corrected chi connectivity index (χ3v) is 5.70. The van der Waals surface area contributed by atoms with Gasteiger partial charge in [0.15, 0.2) is 0 Å². The summed E-state index contributed by atoms with van der Waals surface area (Å²) in [5, 5.41) is 3.25. The molecule has 0 aromatic heterocycles. The summed E-state index contributed by atoms with van der Waals surface area (Å²) in [6.07, 6.45) is 7.52. The van der Waals surface area contributed by atoms with E-state index in [1.807, 2.05) is 4.90 Å². The van der Waals surface area contributed by atoms with E-state index in [0.717, 1.165) is 38.8 Å². The number of rotatable bonds is 3. The zero-order chi connectivity index (χ0) is 15.5. The third-order valence-electron chi connectivity index (χ3n) is 5.70. The van der Waals surface area contributed by atoms with E-state index in [0.29, 0.717) is 11.5 Å². The van der Waals surface area contributed by atoms with Gasteiger partial charge in [0.1, 0.15) is 0 Å². The first-order chi connectivity index (χ1) is 9.93. The van der Waals surface area contributed by atoms with Gasteiger partial charge in [0.25, 0.3) is 0 Å². The molecule has 0 aromatic rings. The minimum atomic E-state index is 0.0973. The Hall–Kier alpha value is -1.06. The van der Waals surface area contributed by atoms with Crippen molar-refractivity contribution in [1.29, 1.82) is 0 Å². The van der Waals surface area contributed by atoms with Crippen molar-refractivity contribution in [2.24, 2.45) is 11.3 Å². The van der Waals surface area contributed by atoms with Crippen LogP contribution < -0.4 is 5.32 Å². The average Bonchev–Trinajstić information content (AvgIpc) is 2.50. The summed E-state index contributed by atoms with van der Waals surface area (Å²) in [6.45, 7) is 7.69. The van der Waals surface area contributed by atoms with Crippen molar-refractivity contribution in [3.8, 4) is 0 Å². The summed E-state index contributed by atoms with van der Waals surface area (Å²) >= 11 is 0. The van der Waals surface area contributed by atoms with Gasteiger partial charge in [-0.25, -0.2) is 0 Å². The molecule has 0 spiro atoms. The molecule has 1 aliphatic carbocycles. The zero-order valence-corrected chi connectivity index (χ0v) is 13.8.